The molecule has 2 nitrogen and oxygen atoms in total. The van der Waals surface area contributed by atoms with Gasteiger partial charge in [0.25, 0.3) is 0 Å². The Morgan fingerprint density at radius 3 is 2.00 bits per heavy atom. The molecule has 2 heteroatoms. The number of rotatable bonds is 10. The molecule has 0 rings (SSSR count). The molecule has 0 aliphatic carbocycles. The summed E-state index contributed by atoms with van der Waals surface area (Å²) in [6, 6.07) is 0. The summed E-state index contributed by atoms with van der Waals surface area (Å²) < 4.78 is 0. The van der Waals surface area contributed by atoms with E-state index < -0.39 is 0 Å². The lowest BCUT2D eigenvalue weighted by Crippen LogP contribution is -2.29. The van der Waals surface area contributed by atoms with Crippen LogP contribution in [0.15, 0.2) is 0 Å². The van der Waals surface area contributed by atoms with Crippen LogP contribution in [-0.4, -0.2) is 24.9 Å². The molecule has 108 valence electrons. The van der Waals surface area contributed by atoms with E-state index in [0.717, 1.165) is 0 Å². The van der Waals surface area contributed by atoms with Gasteiger partial charge in [-0.15, -0.1) is 0 Å². The summed E-state index contributed by atoms with van der Waals surface area (Å²) in [6.07, 6.45) is 10.8. The van der Waals surface area contributed by atoms with E-state index in [0.29, 0.717) is 6.42 Å². The molecule has 0 N–H and O–H groups in total. The standard InChI is InChI=1S/C16H33NO/c1-6-8-10-11-13-16(3,12-9-7-2)14-15(18)17(4)5/h6-14H2,1-5H3. The lowest BCUT2D eigenvalue weighted by Gasteiger charge is -2.30. The number of unbranched alkanes of at least 4 members (excludes halogenated alkanes) is 4. The highest BCUT2D eigenvalue weighted by Crippen LogP contribution is 2.35. The van der Waals surface area contributed by atoms with Crippen molar-refractivity contribution in [1.29, 1.82) is 0 Å². The van der Waals surface area contributed by atoms with Gasteiger partial charge in [-0.1, -0.05) is 59.3 Å². The molecule has 0 fully saturated rings. The van der Waals surface area contributed by atoms with Gasteiger partial charge >= 0.3 is 0 Å². The highest BCUT2D eigenvalue weighted by atomic mass is 16.2. The normalized spacial score (nSPS) is 14.3. The molecule has 0 aromatic rings. The SMILES string of the molecule is CCCCCCC(C)(CCCC)CC(=O)N(C)C. The Bertz CT molecular complexity index is 225. The lowest BCUT2D eigenvalue weighted by atomic mass is 9.77. The number of carbonyl (C=O) groups excluding carboxylic acids is 1. The number of nitrogens with zero attached hydrogens (tertiary/aromatic N) is 1. The van der Waals surface area contributed by atoms with Gasteiger partial charge in [-0.3, -0.25) is 4.79 Å². The van der Waals surface area contributed by atoms with Crippen molar-refractivity contribution in [1.82, 2.24) is 4.90 Å². The smallest absolute Gasteiger partial charge is 0.222 e. The Kier molecular flexibility index (Phi) is 9.13. The number of hydrogen-bond acceptors (Lipinski definition) is 1. The summed E-state index contributed by atoms with van der Waals surface area (Å²) in [7, 11) is 3.72. The molecule has 1 atom stereocenters. The van der Waals surface area contributed by atoms with E-state index in [-0.39, 0.29) is 11.3 Å². The fraction of sp³-hybridized carbons (Fsp3) is 0.938. The number of hydrogen-bond donors (Lipinski definition) is 0. The van der Waals surface area contributed by atoms with E-state index in [4.69, 9.17) is 0 Å². The molecule has 0 heterocycles. The second-order valence-corrected chi connectivity index (χ2v) is 6.19. The van der Waals surface area contributed by atoms with Gasteiger partial charge in [-0.2, -0.15) is 0 Å². The Balaban J connectivity index is 4.27. The van der Waals surface area contributed by atoms with Gasteiger partial charge in [-0.25, -0.2) is 0 Å². The maximum absolute atomic E-state index is 11.9. The van der Waals surface area contributed by atoms with E-state index in [1.807, 2.05) is 14.1 Å². The van der Waals surface area contributed by atoms with Crippen molar-refractivity contribution in [3.8, 4) is 0 Å². The van der Waals surface area contributed by atoms with E-state index in [9.17, 15) is 4.79 Å². The highest BCUT2D eigenvalue weighted by Gasteiger charge is 2.27. The summed E-state index contributed by atoms with van der Waals surface area (Å²) in [5.74, 6) is 0.282. The fourth-order valence-electron chi connectivity index (χ4n) is 2.41. The molecule has 0 aliphatic heterocycles. The molecule has 0 bridgehead atoms. The first kappa shape index (κ1) is 17.5. The van der Waals surface area contributed by atoms with Crippen LogP contribution in [0.1, 0.15) is 78.6 Å². The highest BCUT2D eigenvalue weighted by molar-refractivity contribution is 5.76. The average Bonchev–Trinajstić information content (AvgIpc) is 2.32. The lowest BCUT2D eigenvalue weighted by molar-refractivity contribution is -0.131. The molecule has 0 spiro atoms. The third-order valence-corrected chi connectivity index (χ3v) is 3.84. The first-order valence-corrected chi connectivity index (χ1v) is 7.65. The summed E-state index contributed by atoms with van der Waals surface area (Å²) in [5, 5.41) is 0. The summed E-state index contributed by atoms with van der Waals surface area (Å²) >= 11 is 0. The van der Waals surface area contributed by atoms with Gasteiger partial charge < -0.3 is 4.90 Å². The molecule has 1 unspecified atom stereocenters. The van der Waals surface area contributed by atoms with E-state index >= 15 is 0 Å². The van der Waals surface area contributed by atoms with Crippen molar-refractivity contribution in [3.05, 3.63) is 0 Å². The topological polar surface area (TPSA) is 20.3 Å². The van der Waals surface area contributed by atoms with Gasteiger partial charge in [0.2, 0.25) is 5.91 Å². The van der Waals surface area contributed by atoms with Crippen LogP contribution >= 0.6 is 0 Å². The minimum Gasteiger partial charge on any atom is -0.349 e. The third-order valence-electron chi connectivity index (χ3n) is 3.84. The minimum atomic E-state index is 0.213. The van der Waals surface area contributed by atoms with E-state index in [1.165, 1.54) is 51.4 Å². The molecular weight excluding hydrogens is 222 g/mol. The van der Waals surface area contributed by atoms with Crippen LogP contribution in [0.3, 0.4) is 0 Å². The van der Waals surface area contributed by atoms with E-state index in [1.54, 1.807) is 4.90 Å². The molecule has 18 heavy (non-hydrogen) atoms. The van der Waals surface area contributed by atoms with Crippen molar-refractivity contribution in [2.45, 2.75) is 78.6 Å². The molecule has 0 radical (unpaired) electrons. The molecule has 0 aliphatic rings. The monoisotopic (exact) mass is 255 g/mol. The van der Waals surface area contributed by atoms with Gasteiger partial charge in [0, 0.05) is 20.5 Å². The predicted octanol–water partition coefficient (Wildman–Crippen LogP) is 4.63. The van der Waals surface area contributed by atoms with Gasteiger partial charge in [0.15, 0.2) is 0 Å². The molecule has 0 saturated heterocycles. The summed E-state index contributed by atoms with van der Waals surface area (Å²) in [6.45, 7) is 6.77. The van der Waals surface area contributed by atoms with E-state index in [2.05, 4.69) is 20.8 Å². The third kappa shape index (κ3) is 7.73. The maximum Gasteiger partial charge on any atom is 0.222 e. The van der Waals surface area contributed by atoms with Crippen LogP contribution in [0, 0.1) is 5.41 Å². The fourth-order valence-corrected chi connectivity index (χ4v) is 2.41. The van der Waals surface area contributed by atoms with Crippen LogP contribution in [0.2, 0.25) is 0 Å². The molecule has 1 amide bonds. The average molecular weight is 255 g/mol. The zero-order valence-electron chi connectivity index (χ0n) is 13.2. The van der Waals surface area contributed by atoms with Gasteiger partial charge in [-0.05, 0) is 18.3 Å². The van der Waals surface area contributed by atoms with Crippen molar-refractivity contribution >= 4 is 5.91 Å². The number of carbonyl (C=O) groups is 1. The van der Waals surface area contributed by atoms with Crippen LogP contribution in [-0.2, 0) is 4.79 Å². The van der Waals surface area contributed by atoms with Crippen LogP contribution in [0.25, 0.3) is 0 Å². The predicted molar refractivity (Wildman–Crippen MR) is 79.7 cm³/mol. The Morgan fingerprint density at radius 2 is 1.50 bits per heavy atom. The second-order valence-electron chi connectivity index (χ2n) is 6.19. The Morgan fingerprint density at radius 1 is 0.944 bits per heavy atom. The van der Waals surface area contributed by atoms with Crippen molar-refractivity contribution < 1.29 is 4.79 Å². The molecular formula is C16H33NO. The molecule has 0 aromatic carbocycles. The largest absolute Gasteiger partial charge is 0.349 e. The van der Waals surface area contributed by atoms with Gasteiger partial charge in [0.05, 0.1) is 0 Å². The first-order chi connectivity index (χ1) is 8.45. The van der Waals surface area contributed by atoms with Crippen molar-refractivity contribution in [2.24, 2.45) is 5.41 Å². The first-order valence-electron chi connectivity index (χ1n) is 7.65. The summed E-state index contributed by atoms with van der Waals surface area (Å²) in [4.78, 5) is 13.7. The van der Waals surface area contributed by atoms with Gasteiger partial charge in [0.1, 0.15) is 0 Å². The van der Waals surface area contributed by atoms with Crippen LogP contribution < -0.4 is 0 Å². The van der Waals surface area contributed by atoms with Crippen LogP contribution in [0.4, 0.5) is 0 Å². The van der Waals surface area contributed by atoms with Crippen molar-refractivity contribution in [2.75, 3.05) is 14.1 Å². The maximum atomic E-state index is 11.9. The minimum absolute atomic E-state index is 0.213. The van der Waals surface area contributed by atoms with Crippen molar-refractivity contribution in [3.63, 3.8) is 0 Å². The molecule has 0 saturated carbocycles. The number of amides is 1. The second kappa shape index (κ2) is 9.41. The Labute approximate surface area is 114 Å². The Hall–Kier alpha value is -0.530. The quantitative estimate of drug-likeness (QED) is 0.521. The zero-order valence-corrected chi connectivity index (χ0v) is 13.2. The van der Waals surface area contributed by atoms with Crippen LogP contribution in [0.5, 0.6) is 0 Å². The summed E-state index contributed by atoms with van der Waals surface area (Å²) in [5.41, 5.74) is 0.213. The zero-order chi connectivity index (χ0) is 14.0. The molecule has 0 aromatic heterocycles.